The minimum atomic E-state index is -4.80. The Morgan fingerprint density at radius 1 is 1.25 bits per heavy atom. The number of amides is 1. The summed E-state index contributed by atoms with van der Waals surface area (Å²) in [6.45, 7) is -0.176. The molecule has 1 aromatic carbocycles. The van der Waals surface area contributed by atoms with Crippen LogP contribution in [0.4, 0.5) is 18.9 Å². The van der Waals surface area contributed by atoms with Crippen LogP contribution in [0.5, 0.6) is 11.5 Å². The number of thioether (sulfide) groups is 1. The summed E-state index contributed by atoms with van der Waals surface area (Å²) in [6.07, 6.45) is -3.39. The number of carbonyl (C=O) groups is 1. The van der Waals surface area contributed by atoms with E-state index in [1.807, 2.05) is 0 Å². The first-order valence-electron chi connectivity index (χ1n) is 8.93. The monoisotopic (exact) mass is 470 g/mol. The molecule has 1 amide bonds. The predicted molar refractivity (Wildman–Crippen MR) is 107 cm³/mol. The third kappa shape index (κ3) is 6.23. The molecule has 0 unspecified atom stereocenters. The third-order valence-corrected chi connectivity index (χ3v) is 5.06. The van der Waals surface area contributed by atoms with E-state index in [0.29, 0.717) is 16.6 Å². The van der Waals surface area contributed by atoms with Gasteiger partial charge in [-0.2, -0.15) is 0 Å². The second-order valence-corrected chi connectivity index (χ2v) is 7.26. The third-order valence-electron chi connectivity index (χ3n) is 4.02. The van der Waals surface area contributed by atoms with Crippen molar-refractivity contribution in [2.75, 3.05) is 12.4 Å². The number of alkyl halides is 3. The van der Waals surface area contributed by atoms with Crippen molar-refractivity contribution in [1.82, 2.24) is 24.8 Å². The Labute approximate surface area is 183 Å². The topological polar surface area (TPSA) is 113 Å². The van der Waals surface area contributed by atoms with Crippen LogP contribution in [0.2, 0.25) is 0 Å². The van der Waals surface area contributed by atoms with Crippen molar-refractivity contribution in [2.45, 2.75) is 23.8 Å². The summed E-state index contributed by atoms with van der Waals surface area (Å²) in [5.74, 6) is -0.518. The summed E-state index contributed by atoms with van der Waals surface area (Å²) in [5, 5.41) is 14.2. The molecule has 0 atom stereocenters. The Morgan fingerprint density at radius 2 is 1.97 bits per heavy atom. The first-order valence-corrected chi connectivity index (χ1v) is 9.91. The molecule has 0 radical (unpaired) electrons. The largest absolute Gasteiger partial charge is 0.573 e. The summed E-state index contributed by atoms with van der Waals surface area (Å²) in [7, 11) is 3.01. The smallest absolute Gasteiger partial charge is 0.491 e. The van der Waals surface area contributed by atoms with Gasteiger partial charge in [0.1, 0.15) is 12.3 Å². The number of nitrogens with zero attached hydrogens (tertiary/aromatic N) is 5. The van der Waals surface area contributed by atoms with E-state index < -0.39 is 18.0 Å². The number of carbonyl (C=O) groups excluding carboxylic acids is 1. The first kappa shape index (κ1) is 23.1. The summed E-state index contributed by atoms with van der Waals surface area (Å²) in [4.78, 5) is 24.7. The molecule has 3 rings (SSSR count). The zero-order chi connectivity index (χ0) is 23.3. The molecule has 0 fully saturated rings. The number of rotatable bonds is 8. The number of pyridine rings is 1. The number of halogens is 3. The van der Waals surface area contributed by atoms with Crippen LogP contribution in [0.25, 0.3) is 0 Å². The van der Waals surface area contributed by atoms with Crippen LogP contribution < -0.4 is 20.2 Å². The average Bonchev–Trinajstić information content (AvgIpc) is 3.13. The van der Waals surface area contributed by atoms with Gasteiger partial charge in [0.25, 0.3) is 0 Å². The maximum atomic E-state index is 12.5. The first-order chi connectivity index (χ1) is 15.1. The Bertz CT molecular complexity index is 1150. The molecule has 32 heavy (non-hydrogen) atoms. The van der Waals surface area contributed by atoms with E-state index in [1.165, 1.54) is 52.5 Å². The lowest BCUT2D eigenvalue weighted by Gasteiger charge is -2.15. The quantitative estimate of drug-likeness (QED) is 0.499. The molecule has 0 bridgehead atoms. The van der Waals surface area contributed by atoms with Crippen molar-refractivity contribution < 1.29 is 27.4 Å². The van der Waals surface area contributed by atoms with E-state index in [9.17, 15) is 22.8 Å². The minimum Gasteiger partial charge on any atom is -0.491 e. The number of methoxy groups -OCH3 is 1. The van der Waals surface area contributed by atoms with E-state index in [1.54, 1.807) is 7.05 Å². The van der Waals surface area contributed by atoms with Crippen molar-refractivity contribution in [3.05, 3.63) is 52.4 Å². The van der Waals surface area contributed by atoms with E-state index in [0.717, 1.165) is 12.1 Å². The van der Waals surface area contributed by atoms with Crippen LogP contribution in [0.1, 0.15) is 5.69 Å². The van der Waals surface area contributed by atoms with Gasteiger partial charge in [0.2, 0.25) is 16.5 Å². The van der Waals surface area contributed by atoms with E-state index >= 15 is 0 Å². The summed E-state index contributed by atoms with van der Waals surface area (Å²) in [6, 6.07) is 6.09. The number of nitrogens with one attached hydrogen (secondary N) is 1. The van der Waals surface area contributed by atoms with Crippen LogP contribution in [0, 0.1) is 0 Å². The second-order valence-electron chi connectivity index (χ2n) is 6.32. The second kappa shape index (κ2) is 9.72. The van der Waals surface area contributed by atoms with Crippen LogP contribution in [0.3, 0.4) is 0 Å². The number of ether oxygens (including phenoxy) is 2. The van der Waals surface area contributed by atoms with Crippen molar-refractivity contribution in [2.24, 2.45) is 7.05 Å². The molecular weight excluding hydrogens is 453 g/mol. The Kier molecular flexibility index (Phi) is 7.02. The molecule has 0 aliphatic rings. The number of benzene rings is 1. The highest BCUT2D eigenvalue weighted by atomic mass is 32.2. The molecule has 0 aliphatic heterocycles. The number of hydrogen-bond donors (Lipinski definition) is 1. The molecule has 0 spiro atoms. The molecule has 0 saturated carbocycles. The summed E-state index contributed by atoms with van der Waals surface area (Å²) >= 11 is 1.27. The number of hydrogen-bond acceptors (Lipinski definition) is 8. The maximum Gasteiger partial charge on any atom is 0.573 e. The number of anilines is 1. The van der Waals surface area contributed by atoms with Gasteiger partial charge in [0.15, 0.2) is 5.75 Å². The lowest BCUT2D eigenvalue weighted by Crippen LogP contribution is -2.23. The van der Waals surface area contributed by atoms with Gasteiger partial charge in [-0.15, -0.1) is 18.3 Å². The lowest BCUT2D eigenvalue weighted by atomic mass is 10.3. The zero-order valence-electron chi connectivity index (χ0n) is 16.8. The fourth-order valence-electron chi connectivity index (χ4n) is 2.60. The number of aryl methyl sites for hydroxylation is 1. The van der Waals surface area contributed by atoms with Gasteiger partial charge in [0, 0.05) is 30.2 Å². The Balaban J connectivity index is 1.72. The van der Waals surface area contributed by atoms with Gasteiger partial charge in [-0.1, -0.05) is 11.8 Å². The molecule has 10 nitrogen and oxygen atoms in total. The van der Waals surface area contributed by atoms with Crippen molar-refractivity contribution in [3.8, 4) is 11.5 Å². The molecule has 170 valence electrons. The molecule has 1 N–H and O–H groups in total. The normalized spacial score (nSPS) is 11.3. The fraction of sp³-hybridized carbons (Fsp3) is 0.278. The van der Waals surface area contributed by atoms with Gasteiger partial charge in [-0.3, -0.25) is 9.59 Å². The molecule has 14 heteroatoms. The summed E-state index contributed by atoms with van der Waals surface area (Å²) in [5.41, 5.74) is 0.447. The standard InChI is InChI=1S/C18H17F3N6O4S/c1-26-17(23-24-25-26)32-10-12-7-14(28)15(30-2)8-27(12)9-16(29)22-11-3-5-13(6-4-11)31-18(19,20)21/h3-8H,9-10H2,1-2H3,(H,22,29). The van der Waals surface area contributed by atoms with Crippen LogP contribution >= 0.6 is 11.8 Å². The minimum absolute atomic E-state index is 0.0560. The lowest BCUT2D eigenvalue weighted by molar-refractivity contribution is -0.274. The molecule has 3 aromatic rings. The number of tetrazole rings is 1. The molecule has 0 saturated heterocycles. The fourth-order valence-corrected chi connectivity index (χ4v) is 3.44. The molecule has 2 aromatic heterocycles. The van der Waals surface area contributed by atoms with Crippen molar-refractivity contribution in [1.29, 1.82) is 0 Å². The average molecular weight is 470 g/mol. The SMILES string of the molecule is COc1cn(CC(=O)Nc2ccc(OC(F)(F)F)cc2)c(CSc2nnnn2C)cc1=O. The molecular formula is C18H17F3N6O4S. The Morgan fingerprint density at radius 3 is 2.56 bits per heavy atom. The highest BCUT2D eigenvalue weighted by molar-refractivity contribution is 7.98. The maximum absolute atomic E-state index is 12.5. The van der Waals surface area contributed by atoms with Gasteiger partial charge < -0.3 is 19.4 Å². The van der Waals surface area contributed by atoms with E-state index in [4.69, 9.17) is 4.74 Å². The van der Waals surface area contributed by atoms with Crippen molar-refractivity contribution >= 4 is 23.4 Å². The predicted octanol–water partition coefficient (Wildman–Crippen LogP) is 2.21. The number of aromatic nitrogens is 5. The van der Waals surface area contributed by atoms with E-state index in [2.05, 4.69) is 25.6 Å². The van der Waals surface area contributed by atoms with E-state index in [-0.39, 0.29) is 23.4 Å². The van der Waals surface area contributed by atoms with Crippen LogP contribution in [-0.4, -0.2) is 44.2 Å². The van der Waals surface area contributed by atoms with Crippen LogP contribution in [0.15, 0.2) is 46.5 Å². The van der Waals surface area contributed by atoms with Gasteiger partial charge >= 0.3 is 6.36 Å². The molecule has 2 heterocycles. The Hall–Kier alpha value is -3.55. The highest BCUT2D eigenvalue weighted by Crippen LogP contribution is 2.24. The van der Waals surface area contributed by atoms with Gasteiger partial charge in [-0.25, -0.2) is 4.68 Å². The molecule has 0 aliphatic carbocycles. The zero-order valence-corrected chi connectivity index (χ0v) is 17.6. The van der Waals surface area contributed by atoms with Crippen molar-refractivity contribution in [3.63, 3.8) is 0 Å². The van der Waals surface area contributed by atoms with Gasteiger partial charge in [0.05, 0.1) is 13.3 Å². The van der Waals surface area contributed by atoms with Gasteiger partial charge in [-0.05, 0) is 34.7 Å². The highest BCUT2D eigenvalue weighted by Gasteiger charge is 2.31. The van der Waals surface area contributed by atoms with Crippen LogP contribution in [-0.2, 0) is 24.1 Å². The summed E-state index contributed by atoms with van der Waals surface area (Å²) < 4.78 is 48.6.